The van der Waals surface area contributed by atoms with E-state index in [4.69, 9.17) is 0 Å². The van der Waals surface area contributed by atoms with Gasteiger partial charge < -0.3 is 9.80 Å². The van der Waals surface area contributed by atoms with E-state index in [9.17, 15) is 0 Å². The van der Waals surface area contributed by atoms with Gasteiger partial charge in [-0.15, -0.1) is 0 Å². The fraction of sp³-hybridized carbons (Fsp3) is 0.0508. The maximum atomic E-state index is 2.41. The van der Waals surface area contributed by atoms with Crippen LogP contribution in [0.25, 0.3) is 54.9 Å². The quantitative estimate of drug-likeness (QED) is 0.152. The highest BCUT2D eigenvalue weighted by atomic mass is 15.2. The number of para-hydroxylation sites is 2. The molecule has 0 aliphatic heterocycles. The second-order valence-electron chi connectivity index (χ2n) is 16.6. The summed E-state index contributed by atoms with van der Waals surface area (Å²) in [6.07, 6.45) is 0. The maximum Gasteiger partial charge on any atom is 0.0465 e. The molecule has 0 N–H and O–H groups in total. The lowest BCUT2D eigenvalue weighted by Crippen LogP contribution is -2.16. The molecule has 0 bridgehead atoms. The molecule has 0 heterocycles. The van der Waals surface area contributed by atoms with Crippen molar-refractivity contribution in [1.29, 1.82) is 0 Å². The zero-order valence-corrected chi connectivity index (χ0v) is 34.3. The molecule has 1 aliphatic rings. The van der Waals surface area contributed by atoms with Gasteiger partial charge >= 0.3 is 0 Å². The van der Waals surface area contributed by atoms with E-state index in [0.29, 0.717) is 0 Å². The average molecular weight is 781 g/mol. The first-order chi connectivity index (χ1) is 30.0. The lowest BCUT2D eigenvalue weighted by atomic mass is 9.82. The van der Waals surface area contributed by atoms with Crippen LogP contribution in [0, 0.1) is 0 Å². The highest BCUT2D eigenvalue weighted by molar-refractivity contribution is 6.02. The first kappa shape index (κ1) is 36.4. The summed E-state index contributed by atoms with van der Waals surface area (Å²) in [5.74, 6) is 0. The Balaban J connectivity index is 0.995. The molecule has 0 radical (unpaired) electrons. The fourth-order valence-corrected chi connectivity index (χ4v) is 9.60. The van der Waals surface area contributed by atoms with Gasteiger partial charge in [-0.1, -0.05) is 166 Å². The SMILES string of the molecule is CC1(C)c2ccccc2-c2ccc(N(c3ccc(-c4cccc5cc(-c6cccc7ccccc67)ccc45)cc3)c3ccc(N(c4ccccc4)c4ccccc4)cc3)cc21. The molecule has 0 atom stereocenters. The Hall–Kier alpha value is -7.68. The minimum atomic E-state index is -0.116. The molecule has 10 aromatic carbocycles. The number of hydrogen-bond donors (Lipinski definition) is 0. The summed E-state index contributed by atoms with van der Waals surface area (Å²) in [6.45, 7) is 4.71. The summed E-state index contributed by atoms with van der Waals surface area (Å²) >= 11 is 0. The molecule has 0 saturated heterocycles. The Labute approximate surface area is 358 Å². The summed E-state index contributed by atoms with van der Waals surface area (Å²) in [6, 6.07) is 84.0. The van der Waals surface area contributed by atoms with Crippen molar-refractivity contribution in [3.63, 3.8) is 0 Å². The number of anilines is 6. The van der Waals surface area contributed by atoms with E-state index in [1.807, 2.05) is 0 Å². The van der Waals surface area contributed by atoms with Gasteiger partial charge in [0.25, 0.3) is 0 Å². The molecule has 61 heavy (non-hydrogen) atoms. The molecule has 0 saturated carbocycles. The molecule has 0 amide bonds. The second-order valence-corrected chi connectivity index (χ2v) is 16.6. The molecular formula is C59H44N2. The second kappa shape index (κ2) is 14.9. The maximum absolute atomic E-state index is 2.41. The zero-order valence-electron chi connectivity index (χ0n) is 34.3. The smallest absolute Gasteiger partial charge is 0.0465 e. The van der Waals surface area contributed by atoms with Crippen LogP contribution in [0.2, 0.25) is 0 Å². The Bertz CT molecular complexity index is 3160. The van der Waals surface area contributed by atoms with Crippen LogP contribution in [-0.2, 0) is 5.41 Å². The molecule has 10 aromatic rings. The summed E-state index contributed by atoms with van der Waals surface area (Å²) in [4.78, 5) is 4.72. The van der Waals surface area contributed by atoms with Crippen molar-refractivity contribution in [2.24, 2.45) is 0 Å². The van der Waals surface area contributed by atoms with Crippen molar-refractivity contribution < 1.29 is 0 Å². The summed E-state index contributed by atoms with van der Waals surface area (Å²) in [7, 11) is 0. The zero-order chi connectivity index (χ0) is 40.9. The van der Waals surface area contributed by atoms with Gasteiger partial charge in [0.05, 0.1) is 0 Å². The van der Waals surface area contributed by atoms with Gasteiger partial charge in [0.2, 0.25) is 0 Å². The summed E-state index contributed by atoms with van der Waals surface area (Å²) < 4.78 is 0. The molecule has 0 spiro atoms. The van der Waals surface area contributed by atoms with Crippen LogP contribution >= 0.6 is 0 Å². The Morgan fingerprint density at radius 1 is 0.279 bits per heavy atom. The van der Waals surface area contributed by atoms with E-state index in [0.717, 1.165) is 34.1 Å². The van der Waals surface area contributed by atoms with Crippen LogP contribution in [0.1, 0.15) is 25.0 Å². The van der Waals surface area contributed by atoms with E-state index in [-0.39, 0.29) is 5.41 Å². The van der Waals surface area contributed by atoms with Gasteiger partial charge in [-0.2, -0.15) is 0 Å². The Kier molecular flexibility index (Phi) is 8.86. The van der Waals surface area contributed by atoms with E-state index in [2.05, 4.69) is 254 Å². The third-order valence-electron chi connectivity index (χ3n) is 12.6. The van der Waals surface area contributed by atoms with Gasteiger partial charge in [0.1, 0.15) is 0 Å². The van der Waals surface area contributed by atoms with Gasteiger partial charge in [0, 0.05) is 39.5 Å². The predicted octanol–water partition coefficient (Wildman–Crippen LogP) is 16.6. The largest absolute Gasteiger partial charge is 0.311 e. The van der Waals surface area contributed by atoms with Crippen molar-refractivity contribution in [3.05, 3.63) is 242 Å². The number of benzene rings is 10. The number of rotatable bonds is 8. The molecule has 2 heteroatoms. The lowest BCUT2D eigenvalue weighted by Gasteiger charge is -2.29. The van der Waals surface area contributed by atoms with Crippen LogP contribution in [0.3, 0.4) is 0 Å². The lowest BCUT2D eigenvalue weighted by molar-refractivity contribution is 0.660. The first-order valence-electron chi connectivity index (χ1n) is 21.2. The van der Waals surface area contributed by atoms with E-state index < -0.39 is 0 Å². The van der Waals surface area contributed by atoms with Gasteiger partial charge in [0.15, 0.2) is 0 Å². The number of nitrogens with zero attached hydrogens (tertiary/aromatic N) is 2. The third-order valence-corrected chi connectivity index (χ3v) is 12.6. The Morgan fingerprint density at radius 2 is 0.721 bits per heavy atom. The van der Waals surface area contributed by atoms with Crippen molar-refractivity contribution in [2.45, 2.75) is 19.3 Å². The molecule has 1 aliphatic carbocycles. The first-order valence-corrected chi connectivity index (χ1v) is 21.2. The molecule has 2 nitrogen and oxygen atoms in total. The summed E-state index contributed by atoms with van der Waals surface area (Å²) in [5.41, 5.74) is 16.8. The normalized spacial score (nSPS) is 12.6. The van der Waals surface area contributed by atoms with Crippen molar-refractivity contribution in [3.8, 4) is 33.4 Å². The molecule has 0 unspecified atom stereocenters. The van der Waals surface area contributed by atoms with Crippen LogP contribution in [0.5, 0.6) is 0 Å². The van der Waals surface area contributed by atoms with E-state index in [1.165, 1.54) is 66.1 Å². The van der Waals surface area contributed by atoms with E-state index >= 15 is 0 Å². The van der Waals surface area contributed by atoms with Crippen LogP contribution in [-0.4, -0.2) is 0 Å². The van der Waals surface area contributed by atoms with Crippen molar-refractivity contribution >= 4 is 55.7 Å². The van der Waals surface area contributed by atoms with Gasteiger partial charge in [-0.05, 0) is 145 Å². The van der Waals surface area contributed by atoms with Crippen LogP contribution in [0.4, 0.5) is 34.1 Å². The highest BCUT2D eigenvalue weighted by Crippen LogP contribution is 2.51. The minimum absolute atomic E-state index is 0.116. The third kappa shape index (κ3) is 6.36. The van der Waals surface area contributed by atoms with Gasteiger partial charge in [-0.3, -0.25) is 0 Å². The highest BCUT2D eigenvalue weighted by Gasteiger charge is 2.35. The molecular weight excluding hydrogens is 737 g/mol. The van der Waals surface area contributed by atoms with Crippen LogP contribution < -0.4 is 9.80 Å². The minimum Gasteiger partial charge on any atom is -0.311 e. The van der Waals surface area contributed by atoms with Crippen molar-refractivity contribution in [2.75, 3.05) is 9.80 Å². The summed E-state index contributed by atoms with van der Waals surface area (Å²) in [5, 5.41) is 5.01. The molecule has 290 valence electrons. The number of hydrogen-bond acceptors (Lipinski definition) is 2. The predicted molar refractivity (Wildman–Crippen MR) is 259 cm³/mol. The van der Waals surface area contributed by atoms with E-state index in [1.54, 1.807) is 0 Å². The molecule has 11 rings (SSSR count). The topological polar surface area (TPSA) is 6.48 Å². The fourth-order valence-electron chi connectivity index (χ4n) is 9.60. The average Bonchev–Trinajstić information content (AvgIpc) is 3.55. The molecule has 0 fully saturated rings. The van der Waals surface area contributed by atoms with Gasteiger partial charge in [-0.25, -0.2) is 0 Å². The Morgan fingerprint density at radius 3 is 1.41 bits per heavy atom. The van der Waals surface area contributed by atoms with Crippen LogP contribution in [0.15, 0.2) is 231 Å². The monoisotopic (exact) mass is 780 g/mol. The molecule has 0 aromatic heterocycles. The van der Waals surface area contributed by atoms with Crippen molar-refractivity contribution in [1.82, 2.24) is 0 Å². The standard InChI is InChI=1S/C59H44N2/c1-59(2)57-26-12-11-23-55(57)56-38-36-50(40-58(56)59)61(49-34-32-48(33-35-49)60(45-18-5-3-6-19-45)46-20-7-4-8-21-46)47-30-27-42(28-31-47)52-24-14-17-43-39-44(29-37-54(43)52)53-25-13-16-41-15-9-10-22-51(41)53/h3-40H,1-2H3. The number of fused-ring (bicyclic) bond motifs is 5.